The second-order valence-electron chi connectivity index (χ2n) is 5.66. The second-order valence-corrected chi connectivity index (χ2v) is 6.39. The molecule has 1 fully saturated rings. The van der Waals surface area contributed by atoms with E-state index in [9.17, 15) is 0 Å². The van der Waals surface area contributed by atoms with Crippen LogP contribution >= 0.6 is 11.5 Å². The van der Waals surface area contributed by atoms with E-state index in [-0.39, 0.29) is 5.41 Å². The van der Waals surface area contributed by atoms with Crippen LogP contribution < -0.4 is 4.90 Å². The molecule has 0 radical (unpaired) electrons. The van der Waals surface area contributed by atoms with Crippen molar-refractivity contribution in [3.8, 4) is 0 Å². The zero-order valence-electron chi connectivity index (χ0n) is 10.7. The van der Waals surface area contributed by atoms with Crippen molar-refractivity contribution in [2.45, 2.75) is 46.0 Å². The van der Waals surface area contributed by atoms with Gasteiger partial charge in [0.2, 0.25) is 5.13 Å². The van der Waals surface area contributed by atoms with Gasteiger partial charge in [0.15, 0.2) is 0 Å². The molecule has 0 spiro atoms. The van der Waals surface area contributed by atoms with Gasteiger partial charge in [-0.25, -0.2) is 4.98 Å². The number of anilines is 1. The first-order chi connectivity index (χ1) is 7.50. The van der Waals surface area contributed by atoms with Crippen molar-refractivity contribution >= 4 is 16.7 Å². The lowest BCUT2D eigenvalue weighted by molar-refractivity contribution is 0.553. The molecule has 16 heavy (non-hydrogen) atoms. The van der Waals surface area contributed by atoms with Gasteiger partial charge in [-0.2, -0.15) is 4.37 Å². The second kappa shape index (κ2) is 4.32. The lowest BCUT2D eigenvalue weighted by atomic mass is 9.96. The van der Waals surface area contributed by atoms with Crippen molar-refractivity contribution in [1.82, 2.24) is 9.36 Å². The summed E-state index contributed by atoms with van der Waals surface area (Å²) in [5, 5.41) is 1.11. The Balaban J connectivity index is 2.08. The Morgan fingerprint density at radius 2 is 2.19 bits per heavy atom. The fourth-order valence-electron chi connectivity index (χ4n) is 1.99. The standard InChI is InChI=1S/C12H21N3S/c1-5-9-6-7-15(8-9)11-13-10(14-16-11)12(2,3)4/h9H,5-8H2,1-4H3. The highest BCUT2D eigenvalue weighted by molar-refractivity contribution is 7.09. The molecule has 1 aromatic heterocycles. The summed E-state index contributed by atoms with van der Waals surface area (Å²) >= 11 is 1.55. The van der Waals surface area contributed by atoms with Crippen LogP contribution in [0.25, 0.3) is 0 Å². The van der Waals surface area contributed by atoms with Gasteiger partial charge in [-0.15, -0.1) is 0 Å². The van der Waals surface area contributed by atoms with Crippen molar-refractivity contribution < 1.29 is 0 Å². The monoisotopic (exact) mass is 239 g/mol. The molecule has 1 saturated heterocycles. The minimum atomic E-state index is 0.0681. The number of hydrogen-bond acceptors (Lipinski definition) is 4. The topological polar surface area (TPSA) is 29.0 Å². The molecule has 1 aliphatic rings. The van der Waals surface area contributed by atoms with E-state index in [4.69, 9.17) is 0 Å². The summed E-state index contributed by atoms with van der Waals surface area (Å²) in [5.41, 5.74) is 0.0681. The van der Waals surface area contributed by atoms with Crippen LogP contribution in [-0.2, 0) is 5.41 Å². The highest BCUT2D eigenvalue weighted by Crippen LogP contribution is 2.29. The largest absolute Gasteiger partial charge is 0.347 e. The van der Waals surface area contributed by atoms with Gasteiger partial charge in [0.05, 0.1) is 0 Å². The molecule has 4 heteroatoms. The summed E-state index contributed by atoms with van der Waals surface area (Å²) in [4.78, 5) is 7.06. The highest BCUT2D eigenvalue weighted by Gasteiger charge is 2.26. The molecule has 2 heterocycles. The van der Waals surface area contributed by atoms with E-state index in [1.54, 1.807) is 11.5 Å². The van der Waals surface area contributed by atoms with E-state index in [1.807, 2.05) is 0 Å². The molecule has 0 amide bonds. The molecule has 90 valence electrons. The third-order valence-electron chi connectivity index (χ3n) is 3.22. The average molecular weight is 239 g/mol. The maximum absolute atomic E-state index is 4.67. The van der Waals surface area contributed by atoms with Gasteiger partial charge in [0.1, 0.15) is 5.82 Å². The molecule has 0 N–H and O–H groups in total. The minimum absolute atomic E-state index is 0.0681. The number of hydrogen-bond donors (Lipinski definition) is 0. The van der Waals surface area contributed by atoms with Gasteiger partial charge in [0, 0.05) is 30.0 Å². The Morgan fingerprint density at radius 1 is 1.44 bits per heavy atom. The predicted octanol–water partition coefficient (Wildman–Crippen LogP) is 3.07. The van der Waals surface area contributed by atoms with Gasteiger partial charge in [-0.3, -0.25) is 0 Å². The fourth-order valence-corrected chi connectivity index (χ4v) is 2.88. The fraction of sp³-hybridized carbons (Fsp3) is 0.833. The summed E-state index contributed by atoms with van der Waals surface area (Å²) in [6.07, 6.45) is 2.59. The maximum Gasteiger partial charge on any atom is 0.205 e. The van der Waals surface area contributed by atoms with Crippen LogP contribution in [0.2, 0.25) is 0 Å². The van der Waals surface area contributed by atoms with Crippen LogP contribution in [0.1, 0.15) is 46.4 Å². The molecule has 2 rings (SSSR count). The Labute approximate surface area is 102 Å². The third kappa shape index (κ3) is 2.37. The van der Waals surface area contributed by atoms with Crippen molar-refractivity contribution in [3.63, 3.8) is 0 Å². The van der Waals surface area contributed by atoms with E-state index in [1.165, 1.54) is 12.8 Å². The quantitative estimate of drug-likeness (QED) is 0.794. The van der Waals surface area contributed by atoms with Crippen LogP contribution in [0.15, 0.2) is 0 Å². The molecule has 0 bridgehead atoms. The van der Waals surface area contributed by atoms with Gasteiger partial charge >= 0.3 is 0 Å². The Morgan fingerprint density at radius 3 is 2.69 bits per heavy atom. The average Bonchev–Trinajstić information content (AvgIpc) is 2.85. The van der Waals surface area contributed by atoms with Gasteiger partial charge in [0.25, 0.3) is 0 Å². The molecule has 0 aromatic carbocycles. The summed E-state index contributed by atoms with van der Waals surface area (Å²) in [5.74, 6) is 1.83. The molecule has 0 saturated carbocycles. The zero-order valence-corrected chi connectivity index (χ0v) is 11.5. The van der Waals surface area contributed by atoms with E-state index >= 15 is 0 Å². The van der Waals surface area contributed by atoms with Crippen molar-refractivity contribution in [3.05, 3.63) is 5.82 Å². The lowest BCUT2D eigenvalue weighted by Gasteiger charge is -2.15. The Hall–Kier alpha value is -0.640. The van der Waals surface area contributed by atoms with E-state index in [0.717, 1.165) is 30.0 Å². The van der Waals surface area contributed by atoms with E-state index < -0.39 is 0 Å². The number of aromatic nitrogens is 2. The molecular formula is C12H21N3S. The molecule has 3 nitrogen and oxygen atoms in total. The number of nitrogens with zero attached hydrogens (tertiary/aromatic N) is 3. The smallest absolute Gasteiger partial charge is 0.205 e. The normalized spacial score (nSPS) is 21.8. The Kier molecular flexibility index (Phi) is 3.19. The first-order valence-corrected chi connectivity index (χ1v) is 6.87. The summed E-state index contributed by atoms with van der Waals surface area (Å²) in [6, 6.07) is 0. The van der Waals surface area contributed by atoms with Crippen LogP contribution in [0.4, 0.5) is 5.13 Å². The van der Waals surface area contributed by atoms with Crippen molar-refractivity contribution in [2.75, 3.05) is 18.0 Å². The van der Waals surface area contributed by atoms with Crippen LogP contribution in [0.5, 0.6) is 0 Å². The van der Waals surface area contributed by atoms with E-state index in [0.29, 0.717) is 0 Å². The molecular weight excluding hydrogens is 218 g/mol. The SMILES string of the molecule is CCC1CCN(c2nc(C(C)(C)C)ns2)C1. The molecule has 1 atom stereocenters. The van der Waals surface area contributed by atoms with E-state index in [2.05, 4.69) is 42.0 Å². The molecule has 1 aromatic rings. The predicted molar refractivity (Wildman–Crippen MR) is 69.2 cm³/mol. The first-order valence-electron chi connectivity index (χ1n) is 6.10. The lowest BCUT2D eigenvalue weighted by Crippen LogP contribution is -2.20. The first kappa shape index (κ1) is 11.8. The van der Waals surface area contributed by atoms with Gasteiger partial charge in [-0.05, 0) is 12.3 Å². The summed E-state index contributed by atoms with van der Waals surface area (Å²) in [7, 11) is 0. The minimum Gasteiger partial charge on any atom is -0.347 e. The van der Waals surface area contributed by atoms with Gasteiger partial charge < -0.3 is 4.90 Å². The molecule has 1 aliphatic heterocycles. The van der Waals surface area contributed by atoms with Crippen molar-refractivity contribution in [2.24, 2.45) is 5.92 Å². The van der Waals surface area contributed by atoms with Crippen LogP contribution in [0, 0.1) is 5.92 Å². The van der Waals surface area contributed by atoms with Crippen molar-refractivity contribution in [1.29, 1.82) is 0 Å². The highest BCUT2D eigenvalue weighted by atomic mass is 32.1. The third-order valence-corrected chi connectivity index (χ3v) is 4.00. The zero-order chi connectivity index (χ0) is 11.8. The molecule has 1 unspecified atom stereocenters. The Bertz CT molecular complexity index is 353. The summed E-state index contributed by atoms with van der Waals surface area (Å²) in [6.45, 7) is 11.1. The number of rotatable bonds is 2. The van der Waals surface area contributed by atoms with Gasteiger partial charge in [-0.1, -0.05) is 34.1 Å². The van der Waals surface area contributed by atoms with Crippen LogP contribution in [0.3, 0.4) is 0 Å². The molecule has 0 aliphatic carbocycles. The van der Waals surface area contributed by atoms with Crippen LogP contribution in [-0.4, -0.2) is 22.4 Å². The summed E-state index contributed by atoms with van der Waals surface area (Å²) < 4.78 is 4.47. The maximum atomic E-state index is 4.67.